The highest BCUT2D eigenvalue weighted by atomic mass is 16.4. The van der Waals surface area contributed by atoms with E-state index in [1.54, 1.807) is 18.7 Å². The van der Waals surface area contributed by atoms with Gasteiger partial charge >= 0.3 is 5.97 Å². The van der Waals surface area contributed by atoms with Crippen molar-refractivity contribution in [2.75, 3.05) is 11.4 Å². The predicted molar refractivity (Wildman–Crippen MR) is 86.1 cm³/mol. The first kappa shape index (κ1) is 17.0. The first-order chi connectivity index (χ1) is 10.9. The summed E-state index contributed by atoms with van der Waals surface area (Å²) >= 11 is 0. The monoisotopic (exact) mass is 318 g/mol. The number of fused-ring (bicyclic) bond motifs is 1. The van der Waals surface area contributed by atoms with Gasteiger partial charge in [0.2, 0.25) is 11.8 Å². The lowest BCUT2D eigenvalue weighted by molar-refractivity contribution is -0.143. The van der Waals surface area contributed by atoms with Gasteiger partial charge in [-0.25, -0.2) is 4.79 Å². The highest BCUT2D eigenvalue weighted by Gasteiger charge is 2.26. The van der Waals surface area contributed by atoms with Crippen molar-refractivity contribution in [3.8, 4) is 0 Å². The summed E-state index contributed by atoms with van der Waals surface area (Å²) in [5, 5.41) is 11.6. The largest absolute Gasteiger partial charge is 0.480 e. The lowest BCUT2D eigenvalue weighted by Crippen LogP contribution is -2.45. The molecular weight excluding hydrogens is 296 g/mol. The van der Waals surface area contributed by atoms with E-state index in [9.17, 15) is 14.4 Å². The van der Waals surface area contributed by atoms with Crippen LogP contribution in [-0.4, -0.2) is 35.5 Å². The standard InChI is InChI=1S/C17H22N2O4/c1-11(2)16(17(22)23)18-14(20)9-10-19-13-6-4-3-5-12(13)7-8-15(19)21/h3-6,11,16H,7-10H2,1-2H3,(H,18,20)(H,22,23)/t16-/m0/s1. The lowest BCUT2D eigenvalue weighted by Gasteiger charge is -2.29. The zero-order valence-corrected chi connectivity index (χ0v) is 13.4. The molecule has 0 aliphatic carbocycles. The number of carbonyl (C=O) groups excluding carboxylic acids is 2. The number of para-hydroxylation sites is 1. The minimum absolute atomic E-state index is 0.00450. The van der Waals surface area contributed by atoms with Crippen molar-refractivity contribution in [2.24, 2.45) is 5.92 Å². The van der Waals surface area contributed by atoms with Gasteiger partial charge in [0.1, 0.15) is 6.04 Å². The van der Waals surface area contributed by atoms with Gasteiger partial charge < -0.3 is 15.3 Å². The average molecular weight is 318 g/mol. The Hall–Kier alpha value is -2.37. The second-order valence-electron chi connectivity index (χ2n) is 6.05. The molecule has 1 aromatic carbocycles. The molecule has 0 saturated carbocycles. The molecule has 6 nitrogen and oxygen atoms in total. The third-order valence-electron chi connectivity index (χ3n) is 4.00. The van der Waals surface area contributed by atoms with Crippen molar-refractivity contribution in [2.45, 2.75) is 39.2 Å². The summed E-state index contributed by atoms with van der Waals surface area (Å²) in [5.41, 5.74) is 1.94. The average Bonchev–Trinajstić information content (AvgIpc) is 2.51. The summed E-state index contributed by atoms with van der Waals surface area (Å²) in [6.07, 6.45) is 1.23. The molecule has 1 atom stereocenters. The highest BCUT2D eigenvalue weighted by molar-refractivity contribution is 5.97. The maximum absolute atomic E-state index is 12.1. The molecule has 2 rings (SSSR count). The number of amides is 2. The molecule has 124 valence electrons. The number of hydrogen-bond donors (Lipinski definition) is 2. The maximum atomic E-state index is 12.1. The molecule has 1 aromatic rings. The third kappa shape index (κ3) is 4.09. The molecule has 1 aliphatic rings. The van der Waals surface area contributed by atoms with Crippen molar-refractivity contribution in [1.82, 2.24) is 5.32 Å². The fourth-order valence-corrected chi connectivity index (χ4v) is 2.71. The smallest absolute Gasteiger partial charge is 0.326 e. The van der Waals surface area contributed by atoms with Gasteiger partial charge in [0.25, 0.3) is 0 Å². The van der Waals surface area contributed by atoms with Crippen LogP contribution in [0.3, 0.4) is 0 Å². The third-order valence-corrected chi connectivity index (χ3v) is 4.00. The van der Waals surface area contributed by atoms with Gasteiger partial charge in [-0.15, -0.1) is 0 Å². The first-order valence-electron chi connectivity index (χ1n) is 7.80. The molecule has 0 bridgehead atoms. The Morgan fingerprint density at radius 3 is 2.61 bits per heavy atom. The van der Waals surface area contributed by atoms with E-state index in [4.69, 9.17) is 5.11 Å². The maximum Gasteiger partial charge on any atom is 0.326 e. The van der Waals surface area contributed by atoms with E-state index in [1.165, 1.54) is 0 Å². The Labute approximate surface area is 135 Å². The van der Waals surface area contributed by atoms with Crippen LogP contribution in [-0.2, 0) is 20.8 Å². The molecule has 2 amide bonds. The van der Waals surface area contributed by atoms with Crippen LogP contribution in [0.25, 0.3) is 0 Å². The number of carboxylic acid groups (broad SMARTS) is 1. The number of carbonyl (C=O) groups is 3. The number of nitrogens with zero attached hydrogens (tertiary/aromatic N) is 1. The normalized spacial score (nSPS) is 15.3. The van der Waals surface area contributed by atoms with E-state index in [2.05, 4.69) is 5.32 Å². The van der Waals surface area contributed by atoms with Crippen LogP contribution in [0, 0.1) is 5.92 Å². The molecule has 2 N–H and O–H groups in total. The summed E-state index contributed by atoms with van der Waals surface area (Å²) in [7, 11) is 0. The number of benzene rings is 1. The molecule has 23 heavy (non-hydrogen) atoms. The quantitative estimate of drug-likeness (QED) is 0.834. The van der Waals surface area contributed by atoms with Gasteiger partial charge in [0.15, 0.2) is 0 Å². The molecule has 0 fully saturated rings. The molecule has 1 aliphatic heterocycles. The molecule has 0 radical (unpaired) electrons. The van der Waals surface area contributed by atoms with Crippen molar-refractivity contribution in [3.05, 3.63) is 29.8 Å². The van der Waals surface area contributed by atoms with E-state index in [0.717, 1.165) is 11.3 Å². The van der Waals surface area contributed by atoms with Crippen LogP contribution in [0.4, 0.5) is 5.69 Å². The number of nitrogens with one attached hydrogen (secondary N) is 1. The molecule has 6 heteroatoms. The van der Waals surface area contributed by atoms with Crippen molar-refractivity contribution >= 4 is 23.5 Å². The lowest BCUT2D eigenvalue weighted by atomic mass is 10.0. The van der Waals surface area contributed by atoms with Crippen LogP contribution in [0.1, 0.15) is 32.3 Å². The van der Waals surface area contributed by atoms with Crippen molar-refractivity contribution in [1.29, 1.82) is 0 Å². The number of hydrogen-bond acceptors (Lipinski definition) is 3. The molecule has 0 aromatic heterocycles. The van der Waals surface area contributed by atoms with Crippen LogP contribution in [0.15, 0.2) is 24.3 Å². The highest BCUT2D eigenvalue weighted by Crippen LogP contribution is 2.27. The minimum atomic E-state index is -1.05. The second kappa shape index (κ2) is 7.26. The zero-order chi connectivity index (χ0) is 17.0. The minimum Gasteiger partial charge on any atom is -0.480 e. The van der Waals surface area contributed by atoms with Gasteiger partial charge in [-0.1, -0.05) is 32.0 Å². The number of anilines is 1. The van der Waals surface area contributed by atoms with Gasteiger partial charge in [-0.3, -0.25) is 9.59 Å². The Kier molecular flexibility index (Phi) is 5.36. The first-order valence-corrected chi connectivity index (χ1v) is 7.80. The molecule has 0 unspecified atom stereocenters. The number of carboxylic acids is 1. The van der Waals surface area contributed by atoms with Crippen molar-refractivity contribution < 1.29 is 19.5 Å². The zero-order valence-electron chi connectivity index (χ0n) is 13.4. The summed E-state index contributed by atoms with van der Waals surface area (Å²) in [6.45, 7) is 3.74. The van der Waals surface area contributed by atoms with E-state index in [0.29, 0.717) is 12.8 Å². The Morgan fingerprint density at radius 2 is 1.96 bits per heavy atom. The fraction of sp³-hybridized carbons (Fsp3) is 0.471. The summed E-state index contributed by atoms with van der Waals surface area (Å²) in [5.74, 6) is -1.61. The number of aryl methyl sites for hydroxylation is 1. The van der Waals surface area contributed by atoms with Gasteiger partial charge in [-0.2, -0.15) is 0 Å². The van der Waals surface area contributed by atoms with E-state index in [1.807, 2.05) is 24.3 Å². The molecule has 1 heterocycles. The Morgan fingerprint density at radius 1 is 1.26 bits per heavy atom. The summed E-state index contributed by atoms with van der Waals surface area (Å²) < 4.78 is 0. The second-order valence-corrected chi connectivity index (χ2v) is 6.05. The van der Waals surface area contributed by atoms with Crippen LogP contribution in [0.2, 0.25) is 0 Å². The predicted octanol–water partition coefficient (Wildman–Crippen LogP) is 1.58. The van der Waals surface area contributed by atoms with Gasteiger partial charge in [0, 0.05) is 25.1 Å². The number of rotatable bonds is 6. The van der Waals surface area contributed by atoms with E-state index < -0.39 is 12.0 Å². The van der Waals surface area contributed by atoms with Crippen LogP contribution < -0.4 is 10.2 Å². The van der Waals surface area contributed by atoms with Gasteiger partial charge in [-0.05, 0) is 24.0 Å². The Bertz CT molecular complexity index is 612. The summed E-state index contributed by atoms with van der Waals surface area (Å²) in [4.78, 5) is 36.9. The molecule has 0 spiro atoms. The van der Waals surface area contributed by atoms with Crippen LogP contribution >= 0.6 is 0 Å². The summed E-state index contributed by atoms with van der Waals surface area (Å²) in [6, 6.07) is 6.74. The molecular formula is C17H22N2O4. The van der Waals surface area contributed by atoms with Gasteiger partial charge in [0.05, 0.1) is 0 Å². The van der Waals surface area contributed by atoms with Crippen molar-refractivity contribution in [3.63, 3.8) is 0 Å². The number of aliphatic carboxylic acids is 1. The fourth-order valence-electron chi connectivity index (χ4n) is 2.71. The Balaban J connectivity index is 1.99. The topological polar surface area (TPSA) is 86.7 Å². The SMILES string of the molecule is CC(C)[C@H](NC(=O)CCN1C(=O)CCc2ccccc21)C(=O)O. The van der Waals surface area contributed by atoms with E-state index >= 15 is 0 Å². The van der Waals surface area contributed by atoms with E-state index in [-0.39, 0.29) is 30.7 Å². The van der Waals surface area contributed by atoms with Crippen LogP contribution in [0.5, 0.6) is 0 Å². The molecule has 0 saturated heterocycles.